The van der Waals surface area contributed by atoms with Gasteiger partial charge in [0, 0.05) is 11.6 Å². The summed E-state index contributed by atoms with van der Waals surface area (Å²) >= 11 is 0. The Morgan fingerprint density at radius 3 is 2.33 bits per heavy atom. The van der Waals surface area contributed by atoms with E-state index >= 15 is 0 Å². The summed E-state index contributed by atoms with van der Waals surface area (Å²) in [5.74, 6) is -0.286. The molecule has 0 atom stereocenters. The summed E-state index contributed by atoms with van der Waals surface area (Å²) in [6, 6.07) is 12.3. The third-order valence-corrected chi connectivity index (χ3v) is 4.76. The summed E-state index contributed by atoms with van der Waals surface area (Å²) in [4.78, 5) is 11.6. The van der Waals surface area contributed by atoms with E-state index in [0.717, 1.165) is 10.6 Å². The molecule has 0 aromatic heterocycles. The van der Waals surface area contributed by atoms with Crippen molar-refractivity contribution in [2.24, 2.45) is 0 Å². The van der Waals surface area contributed by atoms with Crippen molar-refractivity contribution < 1.29 is 22.3 Å². The molecule has 0 aliphatic heterocycles. The number of nitrogens with one attached hydrogen (secondary N) is 1. The molecular formula is C19H23FN2O4S. The van der Waals surface area contributed by atoms with Gasteiger partial charge in [-0.15, -0.1) is 0 Å². The third-order valence-electron chi connectivity index (χ3n) is 3.62. The zero-order chi connectivity index (χ0) is 20.0. The Balaban J connectivity index is 2.13. The number of benzene rings is 2. The lowest BCUT2D eigenvalue weighted by Gasteiger charge is -2.23. The smallest absolute Gasteiger partial charge is 0.258 e. The number of hydrogen-bond acceptors (Lipinski definition) is 4. The number of carbonyl (C=O) groups excluding carboxylic acids is 1. The molecule has 2 aromatic rings. The lowest BCUT2D eigenvalue weighted by molar-refractivity contribution is -0.123. The highest BCUT2D eigenvalue weighted by Crippen LogP contribution is 2.24. The zero-order valence-electron chi connectivity index (χ0n) is 15.5. The molecule has 0 fully saturated rings. The maximum absolute atomic E-state index is 13.9. The highest BCUT2D eigenvalue weighted by atomic mass is 32.2. The number of sulfonamides is 1. The Labute approximate surface area is 159 Å². The van der Waals surface area contributed by atoms with Crippen LogP contribution >= 0.6 is 0 Å². The van der Waals surface area contributed by atoms with E-state index < -0.39 is 15.8 Å². The Morgan fingerprint density at radius 2 is 1.78 bits per heavy atom. The first-order chi connectivity index (χ1) is 12.7. The van der Waals surface area contributed by atoms with Gasteiger partial charge in [0.2, 0.25) is 10.0 Å². The molecule has 0 heterocycles. The molecule has 2 aromatic carbocycles. The van der Waals surface area contributed by atoms with E-state index in [1.807, 2.05) is 13.8 Å². The van der Waals surface area contributed by atoms with E-state index in [1.165, 1.54) is 6.07 Å². The Morgan fingerprint density at radius 1 is 1.15 bits per heavy atom. The molecule has 2 rings (SSSR count). The predicted molar refractivity (Wildman–Crippen MR) is 103 cm³/mol. The third kappa shape index (κ3) is 6.25. The van der Waals surface area contributed by atoms with Gasteiger partial charge in [-0.05, 0) is 44.2 Å². The number of anilines is 1. The molecule has 0 aliphatic carbocycles. The minimum atomic E-state index is -3.62. The van der Waals surface area contributed by atoms with Crippen LogP contribution in [0.3, 0.4) is 0 Å². The van der Waals surface area contributed by atoms with Gasteiger partial charge in [0.25, 0.3) is 5.91 Å². The fourth-order valence-electron chi connectivity index (χ4n) is 2.40. The molecule has 8 heteroatoms. The van der Waals surface area contributed by atoms with Crippen LogP contribution in [-0.2, 0) is 21.4 Å². The predicted octanol–water partition coefficient (Wildman–Crippen LogP) is 2.70. The van der Waals surface area contributed by atoms with Gasteiger partial charge in [-0.2, -0.15) is 0 Å². The van der Waals surface area contributed by atoms with Crippen LogP contribution in [0.2, 0.25) is 0 Å². The molecule has 0 bridgehead atoms. The van der Waals surface area contributed by atoms with E-state index in [9.17, 15) is 17.6 Å². The van der Waals surface area contributed by atoms with E-state index in [-0.39, 0.29) is 30.7 Å². The van der Waals surface area contributed by atoms with Crippen LogP contribution in [0, 0.1) is 5.82 Å². The van der Waals surface area contributed by atoms with Crippen LogP contribution in [0.5, 0.6) is 5.75 Å². The number of rotatable bonds is 8. The molecule has 0 aliphatic rings. The summed E-state index contributed by atoms with van der Waals surface area (Å²) in [5, 5.41) is 2.71. The highest BCUT2D eigenvalue weighted by Gasteiger charge is 2.19. The van der Waals surface area contributed by atoms with E-state index in [2.05, 4.69) is 5.32 Å². The van der Waals surface area contributed by atoms with Crippen molar-refractivity contribution in [3.63, 3.8) is 0 Å². The first-order valence-corrected chi connectivity index (χ1v) is 10.2. The zero-order valence-corrected chi connectivity index (χ0v) is 16.3. The van der Waals surface area contributed by atoms with Crippen molar-refractivity contribution in [1.82, 2.24) is 5.32 Å². The molecule has 0 radical (unpaired) electrons. The van der Waals surface area contributed by atoms with E-state index in [4.69, 9.17) is 4.74 Å². The van der Waals surface area contributed by atoms with Crippen LogP contribution in [0.1, 0.15) is 19.4 Å². The lowest BCUT2D eigenvalue weighted by Crippen LogP contribution is -2.34. The lowest BCUT2D eigenvalue weighted by atomic mass is 10.2. The summed E-state index contributed by atoms with van der Waals surface area (Å²) in [6.45, 7) is 3.44. The number of nitrogens with zero attached hydrogens (tertiary/aromatic N) is 1. The summed E-state index contributed by atoms with van der Waals surface area (Å²) in [6.07, 6.45) is 1.06. The molecule has 1 N–H and O–H groups in total. The second kappa shape index (κ2) is 8.85. The largest absolute Gasteiger partial charge is 0.484 e. The van der Waals surface area contributed by atoms with Crippen LogP contribution < -0.4 is 14.4 Å². The second-order valence-electron chi connectivity index (χ2n) is 6.37. The number of halogens is 1. The van der Waals surface area contributed by atoms with Gasteiger partial charge in [-0.3, -0.25) is 9.10 Å². The second-order valence-corrected chi connectivity index (χ2v) is 8.27. The topological polar surface area (TPSA) is 75.7 Å². The molecule has 0 unspecified atom stereocenters. The summed E-state index contributed by atoms with van der Waals surface area (Å²) in [7, 11) is -3.62. The molecule has 27 heavy (non-hydrogen) atoms. The molecular weight excluding hydrogens is 371 g/mol. The quantitative estimate of drug-likeness (QED) is 0.747. The van der Waals surface area contributed by atoms with Crippen LogP contribution in [0.15, 0.2) is 48.5 Å². The maximum atomic E-state index is 13.9. The molecule has 146 valence electrons. The van der Waals surface area contributed by atoms with Crippen molar-refractivity contribution in [2.45, 2.75) is 26.4 Å². The molecule has 1 amide bonds. The minimum absolute atomic E-state index is 0.0187. The SMILES string of the molecule is CC(C)NC(=O)COc1ccc(N(Cc2ccccc2F)S(C)(=O)=O)cc1. The van der Waals surface area contributed by atoms with Gasteiger partial charge in [0.15, 0.2) is 6.61 Å². The highest BCUT2D eigenvalue weighted by molar-refractivity contribution is 7.92. The van der Waals surface area contributed by atoms with Gasteiger partial charge >= 0.3 is 0 Å². The fraction of sp³-hybridized carbons (Fsp3) is 0.316. The number of carbonyl (C=O) groups is 1. The maximum Gasteiger partial charge on any atom is 0.258 e. The van der Waals surface area contributed by atoms with Crippen molar-refractivity contribution in [1.29, 1.82) is 0 Å². The van der Waals surface area contributed by atoms with Gasteiger partial charge in [-0.1, -0.05) is 18.2 Å². The average molecular weight is 394 g/mol. The standard InChI is InChI=1S/C19H23FN2O4S/c1-14(2)21-19(23)13-26-17-10-8-16(9-11-17)22(27(3,24)25)12-15-6-4-5-7-18(15)20/h4-11,14H,12-13H2,1-3H3,(H,21,23). The van der Waals surface area contributed by atoms with E-state index in [1.54, 1.807) is 42.5 Å². The van der Waals surface area contributed by atoms with Gasteiger partial charge in [0.1, 0.15) is 11.6 Å². The Hall–Kier alpha value is -2.61. The number of amides is 1. The van der Waals surface area contributed by atoms with E-state index in [0.29, 0.717) is 11.4 Å². The van der Waals surface area contributed by atoms with Gasteiger partial charge in [-0.25, -0.2) is 12.8 Å². The molecule has 0 saturated carbocycles. The molecule has 0 saturated heterocycles. The van der Waals surface area contributed by atoms with Crippen molar-refractivity contribution in [3.05, 3.63) is 59.9 Å². The van der Waals surface area contributed by atoms with Crippen LogP contribution in [0.4, 0.5) is 10.1 Å². The Kier molecular flexibility index (Phi) is 6.79. The monoisotopic (exact) mass is 394 g/mol. The van der Waals surface area contributed by atoms with Crippen LogP contribution in [0.25, 0.3) is 0 Å². The number of hydrogen-bond donors (Lipinski definition) is 1. The fourth-order valence-corrected chi connectivity index (χ4v) is 3.28. The van der Waals surface area contributed by atoms with Crippen molar-refractivity contribution in [3.8, 4) is 5.75 Å². The first kappa shape index (κ1) is 20.7. The van der Waals surface area contributed by atoms with Gasteiger partial charge in [0.05, 0.1) is 18.5 Å². The Bertz CT molecular complexity index is 883. The minimum Gasteiger partial charge on any atom is -0.484 e. The summed E-state index contributed by atoms with van der Waals surface area (Å²) in [5.41, 5.74) is 0.647. The van der Waals surface area contributed by atoms with Crippen molar-refractivity contribution >= 4 is 21.6 Å². The first-order valence-electron chi connectivity index (χ1n) is 8.40. The average Bonchev–Trinajstić information content (AvgIpc) is 2.58. The van der Waals surface area contributed by atoms with Crippen molar-refractivity contribution in [2.75, 3.05) is 17.2 Å². The molecule has 0 spiro atoms. The number of ether oxygens (including phenoxy) is 1. The summed E-state index contributed by atoms with van der Waals surface area (Å²) < 4.78 is 44.7. The van der Waals surface area contributed by atoms with Gasteiger partial charge < -0.3 is 10.1 Å². The molecule has 6 nitrogen and oxygen atoms in total. The normalized spacial score (nSPS) is 11.3. The van der Waals surface area contributed by atoms with Crippen LogP contribution in [-0.4, -0.2) is 33.2 Å².